The average molecular weight is 371 g/mol. The van der Waals surface area contributed by atoms with Crippen molar-refractivity contribution < 1.29 is 23.4 Å². The van der Waals surface area contributed by atoms with Crippen molar-refractivity contribution >= 4 is 23.8 Å². The standard InChI is InChI=1S/C18H13FN2O4S/c1-24-14-8-4-12(5-9-14)16-20-21-18(25-16)26-15(17(22)23)10-11-2-6-13(19)7-3-11/h2-10H,1H3,(H,22,23)/p-1/b15-10+. The highest BCUT2D eigenvalue weighted by molar-refractivity contribution is 8.03. The normalized spacial score (nSPS) is 11.4. The molecule has 132 valence electrons. The first-order chi connectivity index (χ1) is 12.5. The van der Waals surface area contributed by atoms with Gasteiger partial charge in [0.2, 0.25) is 5.89 Å². The lowest BCUT2D eigenvalue weighted by atomic mass is 10.2. The molecule has 1 heterocycles. The lowest BCUT2D eigenvalue weighted by Crippen LogP contribution is -2.23. The molecule has 3 rings (SSSR count). The zero-order valence-electron chi connectivity index (χ0n) is 13.5. The van der Waals surface area contributed by atoms with Crippen LogP contribution in [0, 0.1) is 5.82 Å². The van der Waals surface area contributed by atoms with Gasteiger partial charge in [0.05, 0.1) is 13.1 Å². The Bertz CT molecular complexity index is 937. The number of nitrogens with zero attached hydrogens (tertiary/aromatic N) is 2. The summed E-state index contributed by atoms with van der Waals surface area (Å²) in [5.74, 6) is -0.881. The Kier molecular flexibility index (Phi) is 5.33. The minimum absolute atomic E-state index is 0.0494. The number of carboxylic acids is 1. The Morgan fingerprint density at radius 3 is 2.46 bits per heavy atom. The molecule has 0 saturated heterocycles. The second-order valence-electron chi connectivity index (χ2n) is 5.05. The second kappa shape index (κ2) is 7.83. The maximum Gasteiger partial charge on any atom is 0.281 e. The zero-order valence-corrected chi connectivity index (χ0v) is 14.3. The van der Waals surface area contributed by atoms with E-state index in [9.17, 15) is 14.3 Å². The summed E-state index contributed by atoms with van der Waals surface area (Å²) in [6.07, 6.45) is 1.34. The van der Waals surface area contributed by atoms with E-state index in [1.54, 1.807) is 31.4 Å². The Morgan fingerprint density at radius 1 is 1.15 bits per heavy atom. The number of rotatable bonds is 6. The highest BCUT2D eigenvalue weighted by Crippen LogP contribution is 2.30. The number of carbonyl (C=O) groups is 1. The summed E-state index contributed by atoms with van der Waals surface area (Å²) in [5, 5.41) is 19.1. The van der Waals surface area contributed by atoms with E-state index in [2.05, 4.69) is 10.2 Å². The third-order valence-corrected chi connectivity index (χ3v) is 4.15. The number of carbonyl (C=O) groups excluding carboxylic acids is 1. The molecule has 0 aliphatic heterocycles. The molecule has 1 aromatic heterocycles. The summed E-state index contributed by atoms with van der Waals surface area (Å²) in [4.78, 5) is 11.2. The van der Waals surface area contributed by atoms with E-state index in [1.165, 1.54) is 30.3 Å². The fourth-order valence-corrected chi connectivity index (χ4v) is 2.70. The van der Waals surface area contributed by atoms with Gasteiger partial charge in [0.1, 0.15) is 11.6 Å². The van der Waals surface area contributed by atoms with E-state index in [0.717, 1.165) is 11.8 Å². The minimum Gasteiger partial charge on any atom is -0.544 e. The maximum atomic E-state index is 12.9. The van der Waals surface area contributed by atoms with Crippen LogP contribution in [0.5, 0.6) is 5.75 Å². The first-order valence-corrected chi connectivity index (χ1v) is 8.21. The summed E-state index contributed by atoms with van der Waals surface area (Å²) in [7, 11) is 1.56. The third kappa shape index (κ3) is 4.28. The minimum atomic E-state index is -1.40. The fourth-order valence-electron chi connectivity index (χ4n) is 2.04. The van der Waals surface area contributed by atoms with Gasteiger partial charge < -0.3 is 19.1 Å². The predicted octanol–water partition coefficient (Wildman–Crippen LogP) is 2.77. The lowest BCUT2D eigenvalue weighted by Gasteiger charge is -2.05. The first kappa shape index (κ1) is 17.7. The molecule has 0 saturated carbocycles. The van der Waals surface area contributed by atoms with Gasteiger partial charge in [0.25, 0.3) is 5.22 Å². The highest BCUT2D eigenvalue weighted by Gasteiger charge is 2.12. The van der Waals surface area contributed by atoms with Crippen LogP contribution in [0.3, 0.4) is 0 Å². The van der Waals surface area contributed by atoms with Crippen molar-refractivity contribution in [2.45, 2.75) is 5.22 Å². The molecule has 2 aromatic carbocycles. The van der Waals surface area contributed by atoms with Gasteiger partial charge in [-0.2, -0.15) is 0 Å². The van der Waals surface area contributed by atoms with Crippen molar-refractivity contribution in [2.24, 2.45) is 0 Å². The molecule has 0 atom stereocenters. The number of thioether (sulfide) groups is 1. The molecule has 0 amide bonds. The number of hydrogen-bond donors (Lipinski definition) is 0. The van der Waals surface area contributed by atoms with E-state index in [4.69, 9.17) is 9.15 Å². The van der Waals surface area contributed by atoms with Crippen LogP contribution in [0.2, 0.25) is 0 Å². The van der Waals surface area contributed by atoms with E-state index in [-0.39, 0.29) is 16.0 Å². The topological polar surface area (TPSA) is 88.3 Å². The zero-order chi connectivity index (χ0) is 18.5. The molecule has 0 aliphatic rings. The number of aliphatic carboxylic acids is 1. The van der Waals surface area contributed by atoms with Gasteiger partial charge in [-0.1, -0.05) is 12.1 Å². The average Bonchev–Trinajstić information content (AvgIpc) is 3.11. The van der Waals surface area contributed by atoms with Crippen LogP contribution in [0.25, 0.3) is 17.5 Å². The Hall–Kier alpha value is -3.13. The number of benzene rings is 2. The largest absolute Gasteiger partial charge is 0.544 e. The number of aromatic nitrogens is 2. The maximum absolute atomic E-state index is 12.9. The van der Waals surface area contributed by atoms with Crippen LogP contribution in [0.4, 0.5) is 4.39 Å². The first-order valence-electron chi connectivity index (χ1n) is 7.39. The van der Waals surface area contributed by atoms with Crippen LogP contribution in [-0.4, -0.2) is 23.3 Å². The summed E-state index contributed by atoms with van der Waals surface area (Å²) in [6.45, 7) is 0. The van der Waals surface area contributed by atoms with Crippen molar-refractivity contribution in [3.8, 4) is 17.2 Å². The van der Waals surface area contributed by atoms with Gasteiger partial charge >= 0.3 is 0 Å². The van der Waals surface area contributed by atoms with Crippen molar-refractivity contribution in [3.63, 3.8) is 0 Å². The van der Waals surface area contributed by atoms with E-state index < -0.39 is 11.8 Å². The molecule has 3 aromatic rings. The van der Waals surface area contributed by atoms with Crippen LogP contribution in [-0.2, 0) is 4.79 Å². The van der Waals surface area contributed by atoms with Gasteiger partial charge in [-0.25, -0.2) is 4.39 Å². The van der Waals surface area contributed by atoms with Crippen molar-refractivity contribution in [1.82, 2.24) is 10.2 Å². The molecule has 0 unspecified atom stereocenters. The third-order valence-electron chi connectivity index (χ3n) is 3.31. The quantitative estimate of drug-likeness (QED) is 0.486. The van der Waals surface area contributed by atoms with Gasteiger partial charge in [-0.15, -0.1) is 10.2 Å². The van der Waals surface area contributed by atoms with Crippen LogP contribution < -0.4 is 9.84 Å². The van der Waals surface area contributed by atoms with Crippen molar-refractivity contribution in [2.75, 3.05) is 7.11 Å². The molecule has 0 aliphatic carbocycles. The Balaban J connectivity index is 1.80. The number of hydrogen-bond acceptors (Lipinski definition) is 7. The molecular formula is C18H12FN2O4S-. The van der Waals surface area contributed by atoms with Gasteiger partial charge in [0, 0.05) is 10.5 Å². The second-order valence-corrected chi connectivity index (χ2v) is 6.04. The number of carboxylic acid groups (broad SMARTS) is 1. The Labute approximate surface area is 152 Å². The van der Waals surface area contributed by atoms with Crippen molar-refractivity contribution in [1.29, 1.82) is 0 Å². The molecule has 0 bridgehead atoms. The summed E-state index contributed by atoms with van der Waals surface area (Å²) in [6, 6.07) is 12.4. The van der Waals surface area contributed by atoms with Crippen LogP contribution >= 0.6 is 11.8 Å². The number of ether oxygens (including phenoxy) is 1. The number of halogens is 1. The highest BCUT2D eigenvalue weighted by atomic mass is 32.2. The Morgan fingerprint density at radius 2 is 1.85 bits per heavy atom. The monoisotopic (exact) mass is 371 g/mol. The van der Waals surface area contributed by atoms with Crippen LogP contribution in [0.15, 0.2) is 63.1 Å². The molecule has 8 heteroatoms. The summed E-state index contributed by atoms with van der Waals surface area (Å²) >= 11 is 0.759. The van der Waals surface area contributed by atoms with Crippen LogP contribution in [0.1, 0.15) is 5.56 Å². The van der Waals surface area contributed by atoms with E-state index in [1.807, 2.05) is 0 Å². The van der Waals surface area contributed by atoms with E-state index >= 15 is 0 Å². The van der Waals surface area contributed by atoms with Gasteiger partial charge in [0.15, 0.2) is 0 Å². The molecule has 0 radical (unpaired) electrons. The molecule has 0 fully saturated rings. The SMILES string of the molecule is COc1ccc(-c2nnc(S/C(=C/c3ccc(F)cc3)C(=O)[O-])o2)cc1. The van der Waals surface area contributed by atoms with Gasteiger partial charge in [-0.3, -0.25) is 0 Å². The van der Waals surface area contributed by atoms with Gasteiger partial charge in [-0.05, 0) is 59.8 Å². The summed E-state index contributed by atoms with van der Waals surface area (Å²) < 4.78 is 23.5. The van der Waals surface area contributed by atoms with Crippen molar-refractivity contribution in [3.05, 3.63) is 64.8 Å². The molecule has 0 spiro atoms. The molecule has 26 heavy (non-hydrogen) atoms. The summed E-state index contributed by atoms with van der Waals surface area (Å²) in [5.41, 5.74) is 1.18. The predicted molar refractivity (Wildman–Crippen MR) is 91.5 cm³/mol. The molecule has 0 N–H and O–H groups in total. The smallest absolute Gasteiger partial charge is 0.281 e. The van der Waals surface area contributed by atoms with E-state index in [0.29, 0.717) is 16.9 Å². The molecular weight excluding hydrogens is 359 g/mol. The fraction of sp³-hybridized carbons (Fsp3) is 0.0556. The number of methoxy groups -OCH3 is 1. The molecule has 6 nitrogen and oxygen atoms in total. The lowest BCUT2D eigenvalue weighted by molar-refractivity contribution is -0.298.